The van der Waals surface area contributed by atoms with Crippen molar-refractivity contribution < 1.29 is 19.1 Å². The molecule has 0 saturated carbocycles. The second-order valence-corrected chi connectivity index (χ2v) is 6.76. The minimum atomic E-state index is -0.624. The van der Waals surface area contributed by atoms with Gasteiger partial charge in [0.05, 0.1) is 6.54 Å². The summed E-state index contributed by atoms with van der Waals surface area (Å²) in [5, 5.41) is 2.62. The standard InChI is InChI=1S/C21H20N2O4/c24-12-11-23-10-9-19(20(23)25)22-21(26)27-13-18-16-7-3-1-5-14(16)15-6-2-4-8-17(15)18/h1-8,12,18-19H,9-11,13H2,(H,22,26). The van der Waals surface area contributed by atoms with Crippen LogP contribution in [0.25, 0.3) is 11.1 Å². The molecule has 1 heterocycles. The van der Waals surface area contributed by atoms with Crippen LogP contribution in [0.2, 0.25) is 0 Å². The molecule has 0 bridgehead atoms. The van der Waals surface area contributed by atoms with Crippen molar-refractivity contribution in [2.24, 2.45) is 0 Å². The Bertz CT molecular complexity index is 850. The smallest absolute Gasteiger partial charge is 0.407 e. The van der Waals surface area contributed by atoms with E-state index < -0.39 is 12.1 Å². The Hall–Kier alpha value is -3.15. The quantitative estimate of drug-likeness (QED) is 0.826. The van der Waals surface area contributed by atoms with Gasteiger partial charge in [0.1, 0.15) is 18.9 Å². The van der Waals surface area contributed by atoms with Gasteiger partial charge >= 0.3 is 6.09 Å². The Morgan fingerprint density at radius 3 is 2.37 bits per heavy atom. The van der Waals surface area contributed by atoms with E-state index >= 15 is 0 Å². The molecule has 1 unspecified atom stereocenters. The summed E-state index contributed by atoms with van der Waals surface area (Å²) in [5.74, 6) is -0.260. The molecule has 1 aliphatic heterocycles. The van der Waals surface area contributed by atoms with Crippen LogP contribution in [0.1, 0.15) is 23.5 Å². The number of nitrogens with zero attached hydrogens (tertiary/aromatic N) is 1. The van der Waals surface area contributed by atoms with Crippen LogP contribution >= 0.6 is 0 Å². The van der Waals surface area contributed by atoms with Gasteiger partial charge in [0.25, 0.3) is 0 Å². The minimum Gasteiger partial charge on any atom is -0.449 e. The SMILES string of the molecule is O=CCN1CCC(NC(=O)OCC2c3ccccc3-c3ccccc32)C1=O. The minimum absolute atomic E-state index is 0.0195. The monoisotopic (exact) mass is 364 g/mol. The van der Waals surface area contributed by atoms with E-state index in [1.807, 2.05) is 24.3 Å². The molecular formula is C21H20N2O4. The number of aldehydes is 1. The highest BCUT2D eigenvalue weighted by molar-refractivity contribution is 5.88. The maximum atomic E-state index is 12.2. The summed E-state index contributed by atoms with van der Waals surface area (Å²) in [5.41, 5.74) is 4.61. The summed E-state index contributed by atoms with van der Waals surface area (Å²) >= 11 is 0. The van der Waals surface area contributed by atoms with E-state index in [4.69, 9.17) is 4.74 Å². The van der Waals surface area contributed by atoms with E-state index in [1.165, 1.54) is 4.90 Å². The zero-order valence-corrected chi connectivity index (χ0v) is 14.8. The highest BCUT2D eigenvalue weighted by atomic mass is 16.5. The summed E-state index contributed by atoms with van der Waals surface area (Å²) in [6, 6.07) is 15.6. The number of hydrogen-bond donors (Lipinski definition) is 1. The molecule has 6 heteroatoms. The molecule has 138 valence electrons. The number of alkyl carbamates (subject to hydrolysis) is 1. The Balaban J connectivity index is 1.41. The van der Waals surface area contributed by atoms with Crippen LogP contribution in [0, 0.1) is 0 Å². The zero-order valence-electron chi connectivity index (χ0n) is 14.8. The maximum Gasteiger partial charge on any atom is 0.407 e. The molecule has 27 heavy (non-hydrogen) atoms. The Kier molecular flexibility index (Phi) is 4.62. The van der Waals surface area contributed by atoms with E-state index in [1.54, 1.807) is 0 Å². The lowest BCUT2D eigenvalue weighted by atomic mass is 9.98. The van der Waals surface area contributed by atoms with Gasteiger partial charge in [-0.3, -0.25) is 4.79 Å². The Morgan fingerprint density at radius 2 is 1.74 bits per heavy atom. The second kappa shape index (κ2) is 7.23. The summed E-state index contributed by atoms with van der Waals surface area (Å²) in [7, 11) is 0. The van der Waals surface area contributed by atoms with Gasteiger partial charge in [-0.15, -0.1) is 0 Å². The number of ether oxygens (including phenoxy) is 1. The molecule has 6 nitrogen and oxygen atoms in total. The lowest BCUT2D eigenvalue weighted by molar-refractivity contribution is -0.131. The third-order valence-electron chi connectivity index (χ3n) is 5.23. The topological polar surface area (TPSA) is 75.7 Å². The first-order valence-corrected chi connectivity index (χ1v) is 9.03. The maximum absolute atomic E-state index is 12.2. The van der Waals surface area contributed by atoms with E-state index in [-0.39, 0.29) is 25.0 Å². The normalized spacial score (nSPS) is 18.1. The largest absolute Gasteiger partial charge is 0.449 e. The summed E-state index contributed by atoms with van der Waals surface area (Å²) in [6.45, 7) is 0.729. The van der Waals surface area contributed by atoms with E-state index in [0.717, 1.165) is 22.3 Å². The van der Waals surface area contributed by atoms with Crippen molar-refractivity contribution in [3.05, 3.63) is 59.7 Å². The van der Waals surface area contributed by atoms with Crippen LogP contribution in [0.5, 0.6) is 0 Å². The lowest BCUT2D eigenvalue weighted by Crippen LogP contribution is -2.42. The number of rotatable bonds is 5. The summed E-state index contributed by atoms with van der Waals surface area (Å²) in [6.07, 6.45) is 0.563. The molecule has 0 aromatic heterocycles. The zero-order chi connectivity index (χ0) is 18.8. The number of carbonyl (C=O) groups is 3. The van der Waals surface area contributed by atoms with E-state index in [2.05, 4.69) is 29.6 Å². The summed E-state index contributed by atoms with van der Waals surface area (Å²) < 4.78 is 5.45. The second-order valence-electron chi connectivity index (χ2n) is 6.76. The van der Waals surface area contributed by atoms with Crippen LogP contribution in [-0.4, -0.2) is 48.9 Å². The van der Waals surface area contributed by atoms with E-state index in [9.17, 15) is 14.4 Å². The van der Waals surface area contributed by atoms with Gasteiger partial charge in [-0.1, -0.05) is 48.5 Å². The van der Waals surface area contributed by atoms with Crippen molar-refractivity contribution in [1.82, 2.24) is 10.2 Å². The van der Waals surface area contributed by atoms with E-state index in [0.29, 0.717) is 19.3 Å². The molecule has 2 aromatic rings. The van der Waals surface area contributed by atoms with Crippen molar-refractivity contribution in [2.75, 3.05) is 19.7 Å². The number of likely N-dealkylation sites (tertiary alicyclic amines) is 1. The van der Waals surface area contributed by atoms with Gasteiger partial charge in [-0.2, -0.15) is 0 Å². The average Bonchev–Trinajstić information content (AvgIpc) is 3.19. The average molecular weight is 364 g/mol. The fourth-order valence-electron chi connectivity index (χ4n) is 3.93. The fraction of sp³-hybridized carbons (Fsp3) is 0.286. The third kappa shape index (κ3) is 3.18. The van der Waals surface area contributed by atoms with Gasteiger partial charge in [0.2, 0.25) is 5.91 Å². The molecule has 4 rings (SSSR count). The number of amides is 2. The molecule has 2 aromatic carbocycles. The number of benzene rings is 2. The first-order chi connectivity index (χ1) is 13.2. The van der Waals surface area contributed by atoms with Crippen LogP contribution in [0.3, 0.4) is 0 Å². The lowest BCUT2D eigenvalue weighted by Gasteiger charge is -2.17. The van der Waals surface area contributed by atoms with Crippen molar-refractivity contribution >= 4 is 18.3 Å². The highest BCUT2D eigenvalue weighted by Gasteiger charge is 2.33. The molecule has 1 N–H and O–H groups in total. The highest BCUT2D eigenvalue weighted by Crippen LogP contribution is 2.44. The van der Waals surface area contributed by atoms with Crippen molar-refractivity contribution in [3.8, 4) is 11.1 Å². The fourth-order valence-corrected chi connectivity index (χ4v) is 3.93. The van der Waals surface area contributed by atoms with Crippen molar-refractivity contribution in [2.45, 2.75) is 18.4 Å². The third-order valence-corrected chi connectivity index (χ3v) is 5.23. The first kappa shape index (κ1) is 17.3. The summed E-state index contributed by atoms with van der Waals surface area (Å²) in [4.78, 5) is 36.3. The van der Waals surface area contributed by atoms with Gasteiger partial charge in [0.15, 0.2) is 0 Å². The Labute approximate surface area is 157 Å². The van der Waals surface area contributed by atoms with Gasteiger partial charge in [0, 0.05) is 12.5 Å². The van der Waals surface area contributed by atoms with Gasteiger partial charge in [-0.05, 0) is 28.7 Å². The molecule has 1 aliphatic carbocycles. The molecule has 0 spiro atoms. The number of nitrogens with one attached hydrogen (secondary N) is 1. The molecule has 2 amide bonds. The Morgan fingerprint density at radius 1 is 1.11 bits per heavy atom. The van der Waals surface area contributed by atoms with Crippen LogP contribution in [-0.2, 0) is 14.3 Å². The first-order valence-electron chi connectivity index (χ1n) is 9.03. The van der Waals surface area contributed by atoms with Crippen LogP contribution in [0.4, 0.5) is 4.79 Å². The molecule has 2 aliphatic rings. The van der Waals surface area contributed by atoms with Crippen LogP contribution < -0.4 is 5.32 Å². The molecule has 1 atom stereocenters. The van der Waals surface area contributed by atoms with Crippen molar-refractivity contribution in [1.29, 1.82) is 0 Å². The number of hydrogen-bond acceptors (Lipinski definition) is 4. The molecular weight excluding hydrogens is 344 g/mol. The predicted molar refractivity (Wildman–Crippen MR) is 99.3 cm³/mol. The van der Waals surface area contributed by atoms with Crippen LogP contribution in [0.15, 0.2) is 48.5 Å². The van der Waals surface area contributed by atoms with Crippen molar-refractivity contribution in [3.63, 3.8) is 0 Å². The van der Waals surface area contributed by atoms with Gasteiger partial charge in [-0.25, -0.2) is 4.79 Å². The molecule has 1 saturated heterocycles. The van der Waals surface area contributed by atoms with Gasteiger partial charge < -0.3 is 19.7 Å². The number of carbonyl (C=O) groups excluding carboxylic acids is 3. The molecule has 0 radical (unpaired) electrons. The number of fused-ring (bicyclic) bond motifs is 3. The molecule has 1 fully saturated rings. The predicted octanol–water partition coefficient (Wildman–Crippen LogP) is 2.32.